The summed E-state index contributed by atoms with van der Waals surface area (Å²) < 4.78 is 5.21. The zero-order valence-electron chi connectivity index (χ0n) is 12.7. The molecule has 3 nitrogen and oxygen atoms in total. The van der Waals surface area contributed by atoms with Crippen molar-refractivity contribution in [3.05, 3.63) is 47.2 Å². The molecule has 0 spiro atoms. The highest BCUT2D eigenvalue weighted by Crippen LogP contribution is 2.30. The van der Waals surface area contributed by atoms with E-state index in [1.165, 1.54) is 0 Å². The molecule has 0 saturated heterocycles. The fourth-order valence-corrected chi connectivity index (χ4v) is 2.56. The van der Waals surface area contributed by atoms with Crippen molar-refractivity contribution in [2.24, 2.45) is 0 Å². The summed E-state index contributed by atoms with van der Waals surface area (Å²) in [7, 11) is 1.64. The van der Waals surface area contributed by atoms with Gasteiger partial charge in [-0.15, -0.1) is 0 Å². The van der Waals surface area contributed by atoms with Crippen LogP contribution in [0.25, 0.3) is 11.1 Å². The van der Waals surface area contributed by atoms with E-state index in [2.05, 4.69) is 36.3 Å². The van der Waals surface area contributed by atoms with E-state index in [4.69, 9.17) is 16.3 Å². The van der Waals surface area contributed by atoms with Crippen LogP contribution in [0, 0.1) is 0 Å². The van der Waals surface area contributed by atoms with Gasteiger partial charge in [0.05, 0.1) is 13.3 Å². The molecule has 4 heteroatoms. The van der Waals surface area contributed by atoms with E-state index in [1.54, 1.807) is 13.3 Å². The second-order valence-corrected chi connectivity index (χ2v) is 5.43. The predicted octanol–water partition coefficient (Wildman–Crippen LogP) is 4.47. The summed E-state index contributed by atoms with van der Waals surface area (Å²) >= 11 is 6.44. The molecule has 0 saturated carbocycles. The molecule has 2 rings (SSSR count). The third-order valence-corrected chi connectivity index (χ3v) is 3.78. The van der Waals surface area contributed by atoms with Gasteiger partial charge in [0, 0.05) is 22.8 Å². The standard InChI is InChI=1S/C17H21ClN2O/c1-4-7-20-12(2)16-6-5-13(9-17(16)18)14-8-15(21-3)11-19-10-14/h5-6,8-12,20H,4,7H2,1-3H3. The monoisotopic (exact) mass is 304 g/mol. The number of rotatable bonds is 6. The molecule has 2 aromatic rings. The first kappa shape index (κ1) is 15.8. The number of nitrogens with zero attached hydrogens (tertiary/aromatic N) is 1. The summed E-state index contributed by atoms with van der Waals surface area (Å²) in [5, 5.41) is 4.22. The smallest absolute Gasteiger partial charge is 0.137 e. The largest absolute Gasteiger partial charge is 0.495 e. The Bertz CT molecular complexity index is 601. The Morgan fingerprint density at radius 1 is 1.24 bits per heavy atom. The lowest BCUT2D eigenvalue weighted by atomic mass is 10.0. The molecule has 1 N–H and O–H groups in total. The topological polar surface area (TPSA) is 34.2 Å². The van der Waals surface area contributed by atoms with E-state index >= 15 is 0 Å². The van der Waals surface area contributed by atoms with Gasteiger partial charge in [0.2, 0.25) is 0 Å². The van der Waals surface area contributed by atoms with Gasteiger partial charge in [0.25, 0.3) is 0 Å². The molecule has 21 heavy (non-hydrogen) atoms. The Morgan fingerprint density at radius 2 is 2.05 bits per heavy atom. The molecule has 1 aromatic carbocycles. The number of ether oxygens (including phenoxy) is 1. The lowest BCUT2D eigenvalue weighted by Crippen LogP contribution is -2.19. The first-order valence-corrected chi connectivity index (χ1v) is 7.55. The Kier molecular flexibility index (Phi) is 5.59. The molecule has 1 atom stereocenters. The van der Waals surface area contributed by atoms with E-state index in [0.717, 1.165) is 40.4 Å². The maximum atomic E-state index is 6.44. The van der Waals surface area contributed by atoms with Crippen LogP contribution >= 0.6 is 11.6 Å². The minimum atomic E-state index is 0.245. The molecule has 0 aliphatic heterocycles. The van der Waals surface area contributed by atoms with Gasteiger partial charge >= 0.3 is 0 Å². The number of pyridine rings is 1. The summed E-state index contributed by atoms with van der Waals surface area (Å²) in [6.07, 6.45) is 4.61. The highest BCUT2D eigenvalue weighted by atomic mass is 35.5. The molecule has 0 aliphatic rings. The summed E-state index contributed by atoms with van der Waals surface area (Å²) in [5.41, 5.74) is 3.15. The van der Waals surface area contributed by atoms with Crippen LogP contribution in [0.4, 0.5) is 0 Å². The van der Waals surface area contributed by atoms with Crippen LogP contribution in [0.3, 0.4) is 0 Å². The number of benzene rings is 1. The Morgan fingerprint density at radius 3 is 2.71 bits per heavy atom. The maximum Gasteiger partial charge on any atom is 0.137 e. The van der Waals surface area contributed by atoms with Crippen molar-refractivity contribution in [1.29, 1.82) is 0 Å². The van der Waals surface area contributed by atoms with E-state index in [-0.39, 0.29) is 6.04 Å². The van der Waals surface area contributed by atoms with Crippen LogP contribution in [0.2, 0.25) is 5.02 Å². The third kappa shape index (κ3) is 3.96. The zero-order valence-corrected chi connectivity index (χ0v) is 13.4. The first-order chi connectivity index (χ1) is 10.2. The average molecular weight is 305 g/mol. The number of nitrogens with one attached hydrogen (secondary N) is 1. The first-order valence-electron chi connectivity index (χ1n) is 7.18. The molecule has 1 aromatic heterocycles. The summed E-state index contributed by atoms with van der Waals surface area (Å²) in [6, 6.07) is 8.33. The van der Waals surface area contributed by atoms with Crippen LogP contribution in [0.1, 0.15) is 31.9 Å². The Labute approximate surface area is 131 Å². The molecule has 0 fully saturated rings. The average Bonchev–Trinajstić information content (AvgIpc) is 2.52. The van der Waals surface area contributed by atoms with E-state index < -0.39 is 0 Å². The fourth-order valence-electron chi connectivity index (χ4n) is 2.22. The Hall–Kier alpha value is -1.58. The van der Waals surface area contributed by atoms with Crippen molar-refractivity contribution in [2.45, 2.75) is 26.3 Å². The summed E-state index contributed by atoms with van der Waals surface area (Å²) in [4.78, 5) is 4.18. The minimum Gasteiger partial charge on any atom is -0.495 e. The quantitative estimate of drug-likeness (QED) is 0.855. The van der Waals surface area contributed by atoms with E-state index in [0.29, 0.717) is 0 Å². The Balaban J connectivity index is 2.25. The van der Waals surface area contributed by atoms with Gasteiger partial charge in [-0.1, -0.05) is 30.7 Å². The van der Waals surface area contributed by atoms with E-state index in [1.807, 2.05) is 18.3 Å². The molecule has 0 bridgehead atoms. The second-order valence-electron chi connectivity index (χ2n) is 5.03. The number of methoxy groups -OCH3 is 1. The number of hydrogen-bond donors (Lipinski definition) is 1. The molecule has 112 valence electrons. The molecular formula is C17H21ClN2O. The fraction of sp³-hybridized carbons (Fsp3) is 0.353. The predicted molar refractivity (Wildman–Crippen MR) is 87.9 cm³/mol. The van der Waals surface area contributed by atoms with Crippen LogP contribution in [-0.4, -0.2) is 18.6 Å². The van der Waals surface area contributed by atoms with Crippen LogP contribution in [-0.2, 0) is 0 Å². The molecule has 1 heterocycles. The van der Waals surface area contributed by atoms with Gasteiger partial charge in [-0.05, 0) is 43.1 Å². The van der Waals surface area contributed by atoms with Gasteiger partial charge in [-0.2, -0.15) is 0 Å². The van der Waals surface area contributed by atoms with Gasteiger partial charge < -0.3 is 10.1 Å². The van der Waals surface area contributed by atoms with Crippen molar-refractivity contribution in [2.75, 3.05) is 13.7 Å². The third-order valence-electron chi connectivity index (χ3n) is 3.45. The van der Waals surface area contributed by atoms with Gasteiger partial charge in [0.1, 0.15) is 5.75 Å². The van der Waals surface area contributed by atoms with E-state index in [9.17, 15) is 0 Å². The molecule has 1 unspecified atom stereocenters. The lowest BCUT2D eigenvalue weighted by molar-refractivity contribution is 0.413. The highest BCUT2D eigenvalue weighted by Gasteiger charge is 2.10. The van der Waals surface area contributed by atoms with Gasteiger partial charge in [-0.25, -0.2) is 0 Å². The SMILES string of the molecule is CCCNC(C)c1ccc(-c2cncc(OC)c2)cc1Cl. The highest BCUT2D eigenvalue weighted by molar-refractivity contribution is 6.31. The van der Waals surface area contributed by atoms with Crippen molar-refractivity contribution in [3.63, 3.8) is 0 Å². The molecular weight excluding hydrogens is 284 g/mol. The minimum absolute atomic E-state index is 0.245. The maximum absolute atomic E-state index is 6.44. The van der Waals surface area contributed by atoms with Crippen molar-refractivity contribution < 1.29 is 4.74 Å². The van der Waals surface area contributed by atoms with Crippen molar-refractivity contribution in [3.8, 4) is 16.9 Å². The lowest BCUT2D eigenvalue weighted by Gasteiger charge is -2.16. The zero-order chi connectivity index (χ0) is 15.2. The second kappa shape index (κ2) is 7.43. The molecule has 0 amide bonds. The van der Waals surface area contributed by atoms with Gasteiger partial charge in [-0.3, -0.25) is 4.98 Å². The van der Waals surface area contributed by atoms with Gasteiger partial charge in [0.15, 0.2) is 0 Å². The summed E-state index contributed by atoms with van der Waals surface area (Å²) in [5.74, 6) is 0.741. The van der Waals surface area contributed by atoms with Crippen LogP contribution in [0.5, 0.6) is 5.75 Å². The van der Waals surface area contributed by atoms with Crippen LogP contribution < -0.4 is 10.1 Å². The molecule has 0 aliphatic carbocycles. The van der Waals surface area contributed by atoms with Crippen LogP contribution in [0.15, 0.2) is 36.7 Å². The number of aromatic nitrogens is 1. The van der Waals surface area contributed by atoms with Crippen molar-refractivity contribution >= 4 is 11.6 Å². The summed E-state index contributed by atoms with van der Waals surface area (Å²) in [6.45, 7) is 5.27. The van der Waals surface area contributed by atoms with Crippen molar-refractivity contribution in [1.82, 2.24) is 10.3 Å². The normalized spacial score (nSPS) is 12.2. The number of halogens is 1. The number of hydrogen-bond acceptors (Lipinski definition) is 3. The molecule has 0 radical (unpaired) electrons.